The summed E-state index contributed by atoms with van der Waals surface area (Å²) in [6.45, 7) is 0. The Morgan fingerprint density at radius 3 is 3.06 bits per heavy atom. The Labute approximate surface area is 106 Å². The van der Waals surface area contributed by atoms with E-state index in [1.54, 1.807) is 6.33 Å². The standard InChI is InChI=1S/C12H16N4S/c1-16(9-4-8(5-9)6-17)12-10-2-3-13-11(10)14-7-15-12/h2-3,7-9,17H,4-6H2,1H3,(H,13,14,15). The molecule has 2 aromatic rings. The van der Waals surface area contributed by atoms with Gasteiger partial charge in [-0.2, -0.15) is 12.6 Å². The maximum atomic E-state index is 4.41. The molecule has 5 heteroatoms. The Morgan fingerprint density at radius 1 is 1.47 bits per heavy atom. The van der Waals surface area contributed by atoms with E-state index in [2.05, 4.69) is 39.5 Å². The molecule has 2 heterocycles. The predicted octanol–water partition coefficient (Wildman–Crippen LogP) is 2.10. The molecular formula is C12H16N4S. The number of H-pyrrole nitrogens is 1. The molecule has 0 spiro atoms. The normalized spacial score (nSPS) is 23.6. The largest absolute Gasteiger partial charge is 0.356 e. The molecule has 1 N–H and O–H groups in total. The van der Waals surface area contributed by atoms with Crippen LogP contribution in [0.3, 0.4) is 0 Å². The summed E-state index contributed by atoms with van der Waals surface area (Å²) in [4.78, 5) is 14.0. The van der Waals surface area contributed by atoms with Gasteiger partial charge in [-0.1, -0.05) is 0 Å². The van der Waals surface area contributed by atoms with E-state index in [9.17, 15) is 0 Å². The molecule has 0 saturated heterocycles. The summed E-state index contributed by atoms with van der Waals surface area (Å²) in [7, 11) is 2.12. The Morgan fingerprint density at radius 2 is 2.29 bits per heavy atom. The summed E-state index contributed by atoms with van der Waals surface area (Å²) >= 11 is 4.34. The quantitative estimate of drug-likeness (QED) is 0.818. The fourth-order valence-corrected chi connectivity index (χ4v) is 2.78. The van der Waals surface area contributed by atoms with Crippen LogP contribution >= 0.6 is 12.6 Å². The second-order valence-electron chi connectivity index (χ2n) is 4.72. The van der Waals surface area contributed by atoms with Crippen LogP contribution in [0.5, 0.6) is 0 Å². The molecule has 1 aliphatic rings. The van der Waals surface area contributed by atoms with Gasteiger partial charge < -0.3 is 9.88 Å². The number of rotatable bonds is 3. The van der Waals surface area contributed by atoms with Crippen LogP contribution in [-0.2, 0) is 0 Å². The highest BCUT2D eigenvalue weighted by Gasteiger charge is 2.32. The smallest absolute Gasteiger partial charge is 0.142 e. The number of hydrogen-bond donors (Lipinski definition) is 2. The topological polar surface area (TPSA) is 44.8 Å². The molecule has 4 nitrogen and oxygen atoms in total. The van der Waals surface area contributed by atoms with E-state index in [1.165, 1.54) is 12.8 Å². The van der Waals surface area contributed by atoms with E-state index in [-0.39, 0.29) is 0 Å². The lowest BCUT2D eigenvalue weighted by atomic mass is 9.81. The van der Waals surface area contributed by atoms with Crippen LogP contribution in [-0.4, -0.2) is 33.8 Å². The molecule has 1 fully saturated rings. The fourth-order valence-electron chi connectivity index (χ4n) is 2.48. The zero-order valence-corrected chi connectivity index (χ0v) is 10.7. The predicted molar refractivity (Wildman–Crippen MR) is 72.7 cm³/mol. The van der Waals surface area contributed by atoms with E-state index in [0.717, 1.165) is 28.5 Å². The summed E-state index contributed by atoms with van der Waals surface area (Å²) < 4.78 is 0. The highest BCUT2D eigenvalue weighted by molar-refractivity contribution is 7.80. The van der Waals surface area contributed by atoms with Gasteiger partial charge in [0.05, 0.1) is 5.39 Å². The average molecular weight is 248 g/mol. The van der Waals surface area contributed by atoms with Crippen LogP contribution < -0.4 is 4.90 Å². The van der Waals surface area contributed by atoms with Gasteiger partial charge in [0, 0.05) is 19.3 Å². The van der Waals surface area contributed by atoms with Gasteiger partial charge in [-0.25, -0.2) is 9.97 Å². The molecule has 0 aliphatic heterocycles. The van der Waals surface area contributed by atoms with E-state index in [1.807, 2.05) is 12.3 Å². The Balaban J connectivity index is 1.86. The highest BCUT2D eigenvalue weighted by atomic mass is 32.1. The monoisotopic (exact) mass is 248 g/mol. The number of anilines is 1. The third-order valence-corrected chi connectivity index (χ3v) is 4.20. The number of aromatic nitrogens is 3. The van der Waals surface area contributed by atoms with Crippen LogP contribution in [0.25, 0.3) is 11.0 Å². The third-order valence-electron chi connectivity index (χ3n) is 3.68. The second kappa shape index (κ2) is 4.22. The van der Waals surface area contributed by atoms with Gasteiger partial charge in [0.15, 0.2) is 0 Å². The molecule has 17 heavy (non-hydrogen) atoms. The van der Waals surface area contributed by atoms with Crippen LogP contribution in [0.15, 0.2) is 18.6 Å². The van der Waals surface area contributed by atoms with Crippen molar-refractivity contribution >= 4 is 29.5 Å². The lowest BCUT2D eigenvalue weighted by Gasteiger charge is -2.41. The highest BCUT2D eigenvalue weighted by Crippen LogP contribution is 2.35. The average Bonchev–Trinajstić information content (AvgIpc) is 2.74. The van der Waals surface area contributed by atoms with E-state index in [0.29, 0.717) is 6.04 Å². The van der Waals surface area contributed by atoms with E-state index < -0.39 is 0 Å². The maximum Gasteiger partial charge on any atom is 0.142 e. The first-order chi connectivity index (χ1) is 8.29. The van der Waals surface area contributed by atoms with Crippen LogP contribution in [0, 0.1) is 5.92 Å². The first kappa shape index (κ1) is 10.9. The van der Waals surface area contributed by atoms with Crippen molar-refractivity contribution in [3.63, 3.8) is 0 Å². The van der Waals surface area contributed by atoms with E-state index >= 15 is 0 Å². The molecule has 0 amide bonds. The fraction of sp³-hybridized carbons (Fsp3) is 0.500. The Hall–Kier alpha value is -1.23. The summed E-state index contributed by atoms with van der Waals surface area (Å²) in [5.74, 6) is 2.79. The molecule has 0 atom stereocenters. The lowest BCUT2D eigenvalue weighted by Crippen LogP contribution is -2.43. The number of hydrogen-bond acceptors (Lipinski definition) is 4. The molecule has 1 aliphatic carbocycles. The molecule has 2 aromatic heterocycles. The maximum absolute atomic E-state index is 4.41. The van der Waals surface area contributed by atoms with Gasteiger partial charge >= 0.3 is 0 Å². The van der Waals surface area contributed by atoms with Gasteiger partial charge in [0.2, 0.25) is 0 Å². The van der Waals surface area contributed by atoms with E-state index in [4.69, 9.17) is 0 Å². The van der Waals surface area contributed by atoms with Crippen LogP contribution in [0.2, 0.25) is 0 Å². The Kier molecular flexibility index (Phi) is 2.70. The van der Waals surface area contributed by atoms with Gasteiger partial charge in [-0.3, -0.25) is 0 Å². The van der Waals surface area contributed by atoms with Gasteiger partial charge in [-0.15, -0.1) is 0 Å². The molecule has 0 unspecified atom stereocenters. The lowest BCUT2D eigenvalue weighted by molar-refractivity contribution is 0.286. The number of thiol groups is 1. The van der Waals surface area contributed by atoms with Crippen molar-refractivity contribution in [3.05, 3.63) is 18.6 Å². The third kappa shape index (κ3) is 1.78. The van der Waals surface area contributed by atoms with Crippen molar-refractivity contribution in [2.45, 2.75) is 18.9 Å². The first-order valence-electron chi connectivity index (χ1n) is 5.91. The summed E-state index contributed by atoms with van der Waals surface area (Å²) in [6.07, 6.45) is 5.97. The van der Waals surface area contributed by atoms with Gasteiger partial charge in [-0.05, 0) is 30.6 Å². The number of fused-ring (bicyclic) bond motifs is 1. The summed E-state index contributed by atoms with van der Waals surface area (Å²) in [5.41, 5.74) is 0.909. The molecule has 0 aromatic carbocycles. The van der Waals surface area contributed by atoms with Crippen molar-refractivity contribution in [2.75, 3.05) is 17.7 Å². The molecule has 90 valence electrons. The zero-order valence-electron chi connectivity index (χ0n) is 9.80. The number of nitrogens with one attached hydrogen (secondary N) is 1. The minimum Gasteiger partial charge on any atom is -0.356 e. The summed E-state index contributed by atoms with van der Waals surface area (Å²) in [6, 6.07) is 2.63. The Bertz CT molecular complexity index is 518. The van der Waals surface area contributed by atoms with Crippen molar-refractivity contribution in [2.24, 2.45) is 5.92 Å². The number of nitrogens with zero attached hydrogens (tertiary/aromatic N) is 3. The van der Waals surface area contributed by atoms with Crippen molar-refractivity contribution in [1.29, 1.82) is 0 Å². The minimum atomic E-state index is 0.597. The number of aromatic amines is 1. The van der Waals surface area contributed by atoms with Crippen LogP contribution in [0.1, 0.15) is 12.8 Å². The SMILES string of the molecule is CN(c1ncnc2[nH]ccc12)C1CC(CS)C1. The van der Waals surface area contributed by atoms with Crippen molar-refractivity contribution in [3.8, 4) is 0 Å². The molecule has 0 bridgehead atoms. The first-order valence-corrected chi connectivity index (χ1v) is 6.54. The van der Waals surface area contributed by atoms with Gasteiger partial charge in [0.25, 0.3) is 0 Å². The molecule has 0 radical (unpaired) electrons. The van der Waals surface area contributed by atoms with Gasteiger partial charge in [0.1, 0.15) is 17.8 Å². The minimum absolute atomic E-state index is 0.597. The van der Waals surface area contributed by atoms with Crippen molar-refractivity contribution in [1.82, 2.24) is 15.0 Å². The van der Waals surface area contributed by atoms with Crippen LogP contribution in [0.4, 0.5) is 5.82 Å². The molecular weight excluding hydrogens is 232 g/mol. The molecule has 3 rings (SSSR count). The molecule has 1 saturated carbocycles. The second-order valence-corrected chi connectivity index (χ2v) is 5.09. The zero-order chi connectivity index (χ0) is 11.8. The summed E-state index contributed by atoms with van der Waals surface area (Å²) in [5, 5.41) is 1.10. The van der Waals surface area contributed by atoms with Crippen molar-refractivity contribution < 1.29 is 0 Å².